The van der Waals surface area contributed by atoms with Crippen molar-refractivity contribution in [3.8, 4) is 10.8 Å². The number of nitrogens with one attached hydrogen (secondary N) is 1. The normalized spacial score (nSPS) is 11.1. The van der Waals surface area contributed by atoms with Gasteiger partial charge in [-0.15, -0.1) is 21.5 Å². The lowest BCUT2D eigenvalue weighted by Gasteiger charge is -2.04. The molecule has 148 valence electrons. The Morgan fingerprint density at radius 2 is 1.97 bits per heavy atom. The number of nitrogens with zero attached hydrogens (tertiary/aromatic N) is 2. The second-order valence-corrected chi connectivity index (χ2v) is 8.49. The number of carbonyl (C=O) groups excluding carboxylic acids is 1. The van der Waals surface area contributed by atoms with Crippen molar-refractivity contribution in [2.45, 2.75) is 11.6 Å². The quantitative estimate of drug-likeness (QED) is 0.394. The van der Waals surface area contributed by atoms with E-state index >= 15 is 0 Å². The molecule has 5 nitrogen and oxygen atoms in total. The molecular weight excluding hydrogens is 433 g/mol. The van der Waals surface area contributed by atoms with Crippen LogP contribution in [0.15, 0.2) is 58.2 Å². The van der Waals surface area contributed by atoms with Crippen LogP contribution in [0.3, 0.4) is 0 Å². The largest absolute Gasteiger partial charge is 0.410 e. The number of hydrogen-bond donors (Lipinski definition) is 1. The van der Waals surface area contributed by atoms with Crippen molar-refractivity contribution < 1.29 is 13.6 Å². The number of fused-ring (bicyclic) bond motifs is 1. The predicted octanol–water partition coefficient (Wildman–Crippen LogP) is 5.19. The minimum Gasteiger partial charge on any atom is -0.410 e. The fourth-order valence-corrected chi connectivity index (χ4v) is 4.71. The lowest BCUT2D eigenvalue weighted by molar-refractivity contribution is -0.118. The molecule has 2 heterocycles. The Morgan fingerprint density at radius 3 is 2.76 bits per heavy atom. The molecule has 9 heteroatoms. The van der Waals surface area contributed by atoms with Crippen LogP contribution in [0, 0.1) is 5.82 Å². The lowest BCUT2D eigenvalue weighted by atomic mass is 10.1. The Morgan fingerprint density at radius 1 is 1.17 bits per heavy atom. The van der Waals surface area contributed by atoms with E-state index in [1.807, 2.05) is 24.3 Å². The first-order chi connectivity index (χ1) is 14.1. The molecule has 2 aromatic carbocycles. The number of thiophene rings is 1. The molecule has 1 amide bonds. The van der Waals surface area contributed by atoms with Crippen molar-refractivity contribution in [2.75, 3.05) is 12.3 Å². The maximum atomic E-state index is 12.9. The molecule has 4 rings (SSSR count). The van der Waals surface area contributed by atoms with Crippen molar-refractivity contribution >= 4 is 50.7 Å². The van der Waals surface area contributed by atoms with Gasteiger partial charge in [0.15, 0.2) is 0 Å². The van der Waals surface area contributed by atoms with Gasteiger partial charge in [0.1, 0.15) is 10.7 Å². The number of benzene rings is 2. The summed E-state index contributed by atoms with van der Waals surface area (Å²) in [5.74, 6) is 0.0859. The molecule has 2 aromatic heterocycles. The number of hydrogen-bond acceptors (Lipinski definition) is 6. The van der Waals surface area contributed by atoms with Gasteiger partial charge in [-0.25, -0.2) is 4.39 Å². The van der Waals surface area contributed by atoms with E-state index in [2.05, 4.69) is 15.5 Å². The summed E-state index contributed by atoms with van der Waals surface area (Å²) in [4.78, 5) is 12.7. The first-order valence-electron chi connectivity index (χ1n) is 8.75. The molecule has 0 saturated carbocycles. The third-order valence-electron chi connectivity index (χ3n) is 4.11. The van der Waals surface area contributed by atoms with E-state index in [9.17, 15) is 9.18 Å². The maximum Gasteiger partial charge on any atom is 0.277 e. The zero-order valence-electron chi connectivity index (χ0n) is 15.0. The molecule has 29 heavy (non-hydrogen) atoms. The molecule has 0 atom stereocenters. The van der Waals surface area contributed by atoms with Crippen LogP contribution in [-0.4, -0.2) is 28.4 Å². The molecule has 0 bridgehead atoms. The summed E-state index contributed by atoms with van der Waals surface area (Å²) in [6.45, 7) is 0.470. The van der Waals surface area contributed by atoms with Gasteiger partial charge < -0.3 is 9.73 Å². The van der Waals surface area contributed by atoms with Crippen LogP contribution in [0.1, 0.15) is 5.56 Å². The number of thioether (sulfide) groups is 1. The van der Waals surface area contributed by atoms with Crippen LogP contribution < -0.4 is 5.32 Å². The Hall–Kier alpha value is -2.42. The van der Waals surface area contributed by atoms with Crippen molar-refractivity contribution in [1.29, 1.82) is 0 Å². The molecular formula is C20H15ClFN3O2S2. The smallest absolute Gasteiger partial charge is 0.277 e. The maximum absolute atomic E-state index is 12.9. The van der Waals surface area contributed by atoms with Gasteiger partial charge in [-0.05, 0) is 30.2 Å². The number of aromatic nitrogens is 2. The van der Waals surface area contributed by atoms with Crippen LogP contribution in [0.5, 0.6) is 0 Å². The molecule has 0 aliphatic rings. The van der Waals surface area contributed by atoms with Crippen LogP contribution in [0.25, 0.3) is 20.9 Å². The third kappa shape index (κ3) is 4.77. The molecule has 0 radical (unpaired) electrons. The average Bonchev–Trinajstić information content (AvgIpc) is 3.33. The zero-order valence-corrected chi connectivity index (χ0v) is 17.4. The molecule has 0 fully saturated rings. The second kappa shape index (κ2) is 8.94. The van der Waals surface area contributed by atoms with Gasteiger partial charge in [0, 0.05) is 16.6 Å². The van der Waals surface area contributed by atoms with Gasteiger partial charge in [-0.3, -0.25) is 4.79 Å². The highest BCUT2D eigenvalue weighted by Crippen LogP contribution is 2.41. The van der Waals surface area contributed by atoms with E-state index in [0.717, 1.165) is 32.3 Å². The van der Waals surface area contributed by atoms with Gasteiger partial charge in [-0.1, -0.05) is 53.7 Å². The Bertz CT molecular complexity index is 1140. The fraction of sp³-hybridized carbons (Fsp3) is 0.150. The lowest BCUT2D eigenvalue weighted by Crippen LogP contribution is -2.27. The summed E-state index contributed by atoms with van der Waals surface area (Å²) in [6, 6.07) is 14.0. The van der Waals surface area contributed by atoms with Crippen molar-refractivity contribution in [2.24, 2.45) is 0 Å². The highest BCUT2D eigenvalue weighted by molar-refractivity contribution is 7.99. The van der Waals surface area contributed by atoms with Crippen molar-refractivity contribution in [3.05, 3.63) is 64.9 Å². The van der Waals surface area contributed by atoms with E-state index in [-0.39, 0.29) is 17.5 Å². The summed E-state index contributed by atoms with van der Waals surface area (Å²) in [5.41, 5.74) is 0.959. The van der Waals surface area contributed by atoms with Crippen LogP contribution in [0.4, 0.5) is 4.39 Å². The fourth-order valence-electron chi connectivity index (χ4n) is 2.69. The number of amides is 1. The van der Waals surface area contributed by atoms with Crippen molar-refractivity contribution in [1.82, 2.24) is 15.5 Å². The standard InChI is InChI=1S/C20H15ClFN3O2S2/c21-17-14-3-1-2-4-15(14)29-18(17)19-24-25-20(27-19)28-11-16(26)23-10-9-12-5-7-13(22)8-6-12/h1-8H,9-11H2,(H,23,26). The number of halogens is 2. The minimum atomic E-state index is -0.273. The summed E-state index contributed by atoms with van der Waals surface area (Å²) in [5, 5.41) is 12.7. The first kappa shape index (κ1) is 19.9. The second-order valence-electron chi connectivity index (χ2n) is 6.13. The highest BCUT2D eigenvalue weighted by atomic mass is 35.5. The number of rotatable bonds is 7. The van der Waals surface area contributed by atoms with E-state index in [0.29, 0.717) is 29.1 Å². The monoisotopic (exact) mass is 447 g/mol. The Labute approximate surface area is 179 Å². The zero-order chi connectivity index (χ0) is 20.2. The van der Waals surface area contributed by atoms with E-state index in [1.54, 1.807) is 12.1 Å². The van der Waals surface area contributed by atoms with E-state index in [4.69, 9.17) is 16.0 Å². The van der Waals surface area contributed by atoms with Crippen LogP contribution in [0.2, 0.25) is 5.02 Å². The van der Waals surface area contributed by atoms with Gasteiger partial charge in [0.2, 0.25) is 5.91 Å². The minimum absolute atomic E-state index is 0.142. The SMILES string of the molecule is O=C(CSc1nnc(-c2sc3ccccc3c2Cl)o1)NCCc1ccc(F)cc1. The summed E-state index contributed by atoms with van der Waals surface area (Å²) < 4.78 is 19.6. The average molecular weight is 448 g/mol. The summed E-state index contributed by atoms with van der Waals surface area (Å²) in [7, 11) is 0. The van der Waals surface area contributed by atoms with Crippen LogP contribution in [-0.2, 0) is 11.2 Å². The molecule has 4 aromatic rings. The third-order valence-corrected chi connectivity index (χ3v) is 6.59. The Kier molecular flexibility index (Phi) is 6.13. The molecule has 0 aliphatic carbocycles. The topological polar surface area (TPSA) is 68.0 Å². The number of carbonyl (C=O) groups is 1. The Balaban J connectivity index is 1.30. The van der Waals surface area contributed by atoms with Gasteiger partial charge >= 0.3 is 0 Å². The molecule has 0 unspecified atom stereocenters. The van der Waals surface area contributed by atoms with Crippen LogP contribution >= 0.6 is 34.7 Å². The molecule has 0 aliphatic heterocycles. The van der Waals surface area contributed by atoms with Gasteiger partial charge in [0.25, 0.3) is 11.1 Å². The van der Waals surface area contributed by atoms with E-state index < -0.39 is 0 Å². The molecule has 0 spiro atoms. The molecule has 0 saturated heterocycles. The first-order valence-corrected chi connectivity index (χ1v) is 10.9. The van der Waals surface area contributed by atoms with Gasteiger partial charge in [-0.2, -0.15) is 0 Å². The summed E-state index contributed by atoms with van der Waals surface area (Å²) >= 11 is 9.08. The molecule has 1 N–H and O–H groups in total. The van der Waals surface area contributed by atoms with Crippen molar-refractivity contribution in [3.63, 3.8) is 0 Å². The van der Waals surface area contributed by atoms with Gasteiger partial charge in [0.05, 0.1) is 10.8 Å². The summed E-state index contributed by atoms with van der Waals surface area (Å²) in [6.07, 6.45) is 0.631. The highest BCUT2D eigenvalue weighted by Gasteiger charge is 2.18. The van der Waals surface area contributed by atoms with E-state index in [1.165, 1.54) is 23.5 Å². The predicted molar refractivity (Wildman–Crippen MR) is 114 cm³/mol.